The van der Waals surface area contributed by atoms with E-state index in [1.54, 1.807) is 0 Å². The Hall–Kier alpha value is -2.20. The van der Waals surface area contributed by atoms with Gasteiger partial charge < -0.3 is 15.0 Å². The van der Waals surface area contributed by atoms with Gasteiger partial charge in [0.2, 0.25) is 0 Å². The maximum absolute atomic E-state index is 3.76. The van der Waals surface area contributed by atoms with Gasteiger partial charge in [-0.05, 0) is 36.4 Å². The Balaban J connectivity index is 2.00. The van der Waals surface area contributed by atoms with Crippen molar-refractivity contribution in [1.29, 1.82) is 0 Å². The van der Waals surface area contributed by atoms with Crippen molar-refractivity contribution in [2.75, 3.05) is 0 Å². The first kappa shape index (κ1) is 11.9. The van der Waals surface area contributed by atoms with Crippen molar-refractivity contribution >= 4 is 15.8 Å². The van der Waals surface area contributed by atoms with Crippen molar-refractivity contribution in [2.24, 2.45) is 0 Å². The summed E-state index contributed by atoms with van der Waals surface area (Å²) in [4.78, 5) is 9.73. The SMILES string of the molecule is [Si]C(C=C(c1ccc[nH]1)c1ccc[nH]1)c1ccc[nH]1. The number of nitrogens with one attached hydrogen (secondary N) is 3. The third kappa shape index (κ3) is 2.48. The van der Waals surface area contributed by atoms with E-state index in [1.165, 1.54) is 0 Å². The normalized spacial score (nSPS) is 12.3. The van der Waals surface area contributed by atoms with Crippen LogP contribution in [0.1, 0.15) is 22.6 Å². The minimum absolute atomic E-state index is 0.136. The van der Waals surface area contributed by atoms with Gasteiger partial charge in [-0.2, -0.15) is 0 Å². The topological polar surface area (TPSA) is 47.4 Å². The molecule has 1 atom stereocenters. The third-order valence-corrected chi connectivity index (χ3v) is 3.54. The molecule has 0 aliphatic heterocycles. The summed E-state index contributed by atoms with van der Waals surface area (Å²) in [6, 6.07) is 12.2. The molecule has 0 aliphatic rings. The zero-order chi connectivity index (χ0) is 13.1. The van der Waals surface area contributed by atoms with E-state index in [-0.39, 0.29) is 5.54 Å². The highest BCUT2D eigenvalue weighted by molar-refractivity contribution is 6.14. The first-order chi connectivity index (χ1) is 9.34. The van der Waals surface area contributed by atoms with Gasteiger partial charge in [0.15, 0.2) is 0 Å². The lowest BCUT2D eigenvalue weighted by atomic mass is 10.1. The molecule has 0 saturated carbocycles. The van der Waals surface area contributed by atoms with Crippen LogP contribution in [0.15, 0.2) is 61.1 Å². The van der Waals surface area contributed by atoms with Crippen molar-refractivity contribution in [3.05, 3.63) is 78.1 Å². The Kier molecular flexibility index (Phi) is 3.25. The van der Waals surface area contributed by atoms with Crippen LogP contribution in [0.25, 0.3) is 5.57 Å². The summed E-state index contributed by atoms with van der Waals surface area (Å²) in [7, 11) is 3.76. The molecule has 0 aromatic carbocycles. The number of hydrogen-bond donors (Lipinski definition) is 3. The molecule has 0 amide bonds. The van der Waals surface area contributed by atoms with Crippen LogP contribution >= 0.6 is 0 Å². The third-order valence-electron chi connectivity index (χ3n) is 3.07. The van der Waals surface area contributed by atoms with Gasteiger partial charge in [-0.25, -0.2) is 0 Å². The van der Waals surface area contributed by atoms with Crippen LogP contribution in [-0.2, 0) is 0 Å². The van der Waals surface area contributed by atoms with Gasteiger partial charge in [0.05, 0.1) is 0 Å². The van der Waals surface area contributed by atoms with E-state index in [4.69, 9.17) is 0 Å². The Bertz CT molecular complexity index is 597. The molecule has 3 nitrogen and oxygen atoms in total. The molecule has 3 rings (SSSR count). The molecule has 3 aromatic heterocycles. The highest BCUT2D eigenvalue weighted by Crippen LogP contribution is 2.24. The molecule has 93 valence electrons. The lowest BCUT2D eigenvalue weighted by molar-refractivity contribution is 1.11. The average molecular weight is 264 g/mol. The van der Waals surface area contributed by atoms with E-state index in [0.717, 1.165) is 22.7 Å². The Morgan fingerprint density at radius 3 is 1.95 bits per heavy atom. The number of hydrogen-bond acceptors (Lipinski definition) is 0. The molecule has 1 unspecified atom stereocenters. The average Bonchev–Trinajstić information content (AvgIpc) is 3.17. The summed E-state index contributed by atoms with van der Waals surface area (Å²) < 4.78 is 0. The van der Waals surface area contributed by atoms with E-state index in [0.29, 0.717) is 0 Å². The summed E-state index contributed by atoms with van der Waals surface area (Å²) in [6.45, 7) is 0. The van der Waals surface area contributed by atoms with E-state index in [1.807, 2.05) is 36.8 Å². The quantitative estimate of drug-likeness (QED) is 0.607. The van der Waals surface area contributed by atoms with E-state index in [9.17, 15) is 0 Å². The second-order valence-electron chi connectivity index (χ2n) is 4.35. The van der Waals surface area contributed by atoms with Gasteiger partial charge >= 0.3 is 0 Å². The molecule has 4 heteroatoms. The van der Waals surface area contributed by atoms with Crippen LogP contribution in [0, 0.1) is 0 Å². The molecule has 0 bridgehead atoms. The second kappa shape index (κ2) is 5.20. The maximum Gasteiger partial charge on any atom is 0.0471 e. The Morgan fingerprint density at radius 2 is 1.47 bits per heavy atom. The van der Waals surface area contributed by atoms with Gasteiger partial charge in [-0.15, -0.1) is 0 Å². The Labute approximate surface area is 115 Å². The van der Waals surface area contributed by atoms with Crippen LogP contribution < -0.4 is 0 Å². The van der Waals surface area contributed by atoms with Crippen LogP contribution in [0.2, 0.25) is 0 Å². The van der Waals surface area contributed by atoms with Crippen LogP contribution in [0.3, 0.4) is 0 Å². The van der Waals surface area contributed by atoms with Crippen molar-refractivity contribution in [1.82, 2.24) is 15.0 Å². The summed E-state index contributed by atoms with van der Waals surface area (Å²) in [5.74, 6) is 0. The molecule has 3 aromatic rings. The summed E-state index contributed by atoms with van der Waals surface area (Å²) >= 11 is 0. The van der Waals surface area contributed by atoms with E-state index in [2.05, 4.69) is 49.5 Å². The summed E-state index contributed by atoms with van der Waals surface area (Å²) in [6.07, 6.45) is 7.98. The van der Waals surface area contributed by atoms with Crippen molar-refractivity contribution < 1.29 is 0 Å². The van der Waals surface area contributed by atoms with Gasteiger partial charge in [-0.3, -0.25) is 0 Å². The van der Waals surface area contributed by atoms with Crippen molar-refractivity contribution in [3.63, 3.8) is 0 Å². The van der Waals surface area contributed by atoms with E-state index < -0.39 is 0 Å². The predicted octanol–water partition coefficient (Wildman–Crippen LogP) is 3.01. The first-order valence-corrected chi connectivity index (χ1v) is 6.76. The molecule has 0 aliphatic carbocycles. The first-order valence-electron chi connectivity index (χ1n) is 6.18. The monoisotopic (exact) mass is 264 g/mol. The fourth-order valence-electron chi connectivity index (χ4n) is 2.11. The van der Waals surface area contributed by atoms with Crippen LogP contribution in [-0.4, -0.2) is 25.2 Å². The van der Waals surface area contributed by atoms with Crippen molar-refractivity contribution in [2.45, 2.75) is 5.54 Å². The predicted molar refractivity (Wildman–Crippen MR) is 78.0 cm³/mol. The second-order valence-corrected chi connectivity index (χ2v) is 4.97. The highest BCUT2D eigenvalue weighted by atomic mass is 28.1. The number of H-pyrrole nitrogens is 3. The minimum Gasteiger partial charge on any atom is -0.365 e. The minimum atomic E-state index is 0.136. The fourth-order valence-corrected chi connectivity index (χ4v) is 2.46. The zero-order valence-corrected chi connectivity index (χ0v) is 11.4. The maximum atomic E-state index is 3.76. The smallest absolute Gasteiger partial charge is 0.0471 e. The summed E-state index contributed by atoms with van der Waals surface area (Å²) in [5, 5.41) is 0. The number of aromatic amines is 3. The molecular weight excluding hydrogens is 250 g/mol. The van der Waals surface area contributed by atoms with Crippen LogP contribution in [0.5, 0.6) is 0 Å². The number of rotatable bonds is 4. The van der Waals surface area contributed by atoms with Crippen molar-refractivity contribution in [3.8, 4) is 0 Å². The van der Waals surface area contributed by atoms with Gasteiger partial charge in [0.1, 0.15) is 0 Å². The number of allylic oxidation sites excluding steroid dienone is 1. The molecule has 3 heterocycles. The molecule has 3 N–H and O–H groups in total. The lowest BCUT2D eigenvalue weighted by Gasteiger charge is -2.09. The fraction of sp³-hybridized carbons (Fsp3) is 0.0667. The van der Waals surface area contributed by atoms with Gasteiger partial charge in [0, 0.05) is 57.0 Å². The zero-order valence-electron chi connectivity index (χ0n) is 10.4. The largest absolute Gasteiger partial charge is 0.365 e. The molecule has 3 radical (unpaired) electrons. The summed E-state index contributed by atoms with van der Waals surface area (Å²) in [5.41, 5.74) is 4.60. The number of aromatic nitrogens is 3. The molecule has 19 heavy (non-hydrogen) atoms. The standard InChI is InChI=1S/C15H14N3Si/c19-15(14-6-3-9-18-14)10-11(12-4-1-7-16-12)13-5-2-8-17-13/h1-10,15-18H. The van der Waals surface area contributed by atoms with Gasteiger partial charge in [-0.1, -0.05) is 6.08 Å². The molecule has 0 saturated heterocycles. The molecule has 0 fully saturated rings. The van der Waals surface area contributed by atoms with Crippen LogP contribution in [0.4, 0.5) is 0 Å². The lowest BCUT2D eigenvalue weighted by Crippen LogP contribution is -1.98. The highest BCUT2D eigenvalue weighted by Gasteiger charge is 2.10. The molecule has 0 spiro atoms. The van der Waals surface area contributed by atoms with Gasteiger partial charge in [0.25, 0.3) is 0 Å². The molecular formula is C15H14N3Si. The van der Waals surface area contributed by atoms with E-state index >= 15 is 0 Å². The Morgan fingerprint density at radius 1 is 0.895 bits per heavy atom.